The van der Waals surface area contributed by atoms with Gasteiger partial charge in [0.2, 0.25) is 5.95 Å². The van der Waals surface area contributed by atoms with E-state index in [2.05, 4.69) is 25.5 Å². The van der Waals surface area contributed by atoms with Crippen LogP contribution in [0.3, 0.4) is 0 Å². The number of imidazole rings is 1. The Hall–Kier alpha value is -2.41. The Morgan fingerprint density at radius 3 is 3.05 bits per heavy atom. The molecule has 0 aliphatic rings. The minimum absolute atomic E-state index is 0.286. The summed E-state index contributed by atoms with van der Waals surface area (Å²) in [5.74, 6) is -0.0256. The number of fused-ring (bicyclic) bond motifs is 1. The maximum Gasteiger partial charge on any atom is 0.276 e. The van der Waals surface area contributed by atoms with Gasteiger partial charge in [-0.25, -0.2) is 10.1 Å². The maximum absolute atomic E-state index is 12.4. The first-order valence-electron chi connectivity index (χ1n) is 6.02. The molecule has 3 aromatic rings. The number of rotatable bonds is 3. The molecular weight excluding hydrogens is 280 g/mol. The van der Waals surface area contributed by atoms with Gasteiger partial charge in [-0.05, 0) is 18.6 Å². The van der Waals surface area contributed by atoms with Crippen LogP contribution < -0.4 is 5.32 Å². The molecular formula is C12H11ClN6O. The molecule has 3 aromatic heterocycles. The predicted molar refractivity (Wildman–Crippen MR) is 73.9 cm³/mol. The number of nitrogens with zero attached hydrogens (tertiary/aromatic N) is 4. The minimum atomic E-state index is -0.312. The topological polar surface area (TPSA) is 88.0 Å². The van der Waals surface area contributed by atoms with Crippen LogP contribution in [-0.4, -0.2) is 30.5 Å². The van der Waals surface area contributed by atoms with Crippen molar-refractivity contribution in [3.8, 4) is 0 Å². The van der Waals surface area contributed by atoms with E-state index in [0.29, 0.717) is 28.5 Å². The average Bonchev–Trinajstić information content (AvgIpc) is 3.04. The van der Waals surface area contributed by atoms with Gasteiger partial charge in [-0.3, -0.25) is 14.5 Å². The van der Waals surface area contributed by atoms with Gasteiger partial charge >= 0.3 is 0 Å². The van der Waals surface area contributed by atoms with Gasteiger partial charge in [0.1, 0.15) is 17.7 Å². The molecule has 0 radical (unpaired) electrons. The van der Waals surface area contributed by atoms with E-state index in [1.807, 2.05) is 6.92 Å². The third-order valence-corrected chi connectivity index (χ3v) is 3.08. The molecule has 0 spiro atoms. The Morgan fingerprint density at radius 1 is 1.50 bits per heavy atom. The normalized spacial score (nSPS) is 10.9. The van der Waals surface area contributed by atoms with Gasteiger partial charge in [0, 0.05) is 6.20 Å². The smallest absolute Gasteiger partial charge is 0.276 e. The van der Waals surface area contributed by atoms with Crippen molar-refractivity contribution >= 4 is 29.1 Å². The number of hydrogen-bond acceptors (Lipinski definition) is 4. The summed E-state index contributed by atoms with van der Waals surface area (Å²) < 4.78 is 1.67. The van der Waals surface area contributed by atoms with Crippen molar-refractivity contribution in [2.75, 3.05) is 5.32 Å². The Kier molecular flexibility index (Phi) is 3.11. The van der Waals surface area contributed by atoms with E-state index in [1.165, 1.54) is 6.33 Å². The standard InChI is InChI=1S/C12H11ClN6O/c1-2-8-10(11(20)17-12-14-6-15-18-12)19-5-7(13)3-4-9(19)16-8/h3-6H,2H2,1H3,(H2,14,15,17,18,20). The Morgan fingerprint density at radius 2 is 2.35 bits per heavy atom. The first-order valence-corrected chi connectivity index (χ1v) is 6.40. The van der Waals surface area contributed by atoms with Crippen molar-refractivity contribution in [2.24, 2.45) is 0 Å². The molecule has 0 bridgehead atoms. The van der Waals surface area contributed by atoms with Crippen LogP contribution in [-0.2, 0) is 6.42 Å². The molecule has 102 valence electrons. The number of amides is 1. The summed E-state index contributed by atoms with van der Waals surface area (Å²) in [5.41, 5.74) is 1.82. The van der Waals surface area contributed by atoms with Gasteiger partial charge in [-0.15, -0.1) is 0 Å². The zero-order chi connectivity index (χ0) is 14.1. The molecule has 0 aliphatic heterocycles. The number of halogens is 1. The van der Waals surface area contributed by atoms with Crippen LogP contribution >= 0.6 is 11.6 Å². The van der Waals surface area contributed by atoms with Crippen molar-refractivity contribution in [1.29, 1.82) is 0 Å². The molecule has 0 saturated heterocycles. The molecule has 0 aliphatic carbocycles. The summed E-state index contributed by atoms with van der Waals surface area (Å²) >= 11 is 5.98. The fourth-order valence-corrected chi connectivity index (χ4v) is 2.15. The van der Waals surface area contributed by atoms with Gasteiger partial charge in [0.15, 0.2) is 0 Å². The maximum atomic E-state index is 12.4. The number of nitrogens with one attached hydrogen (secondary N) is 2. The molecule has 3 heterocycles. The number of carbonyl (C=O) groups is 1. The van der Waals surface area contributed by atoms with Gasteiger partial charge < -0.3 is 0 Å². The third kappa shape index (κ3) is 2.12. The summed E-state index contributed by atoms with van der Waals surface area (Å²) in [6.45, 7) is 1.94. The van der Waals surface area contributed by atoms with E-state index >= 15 is 0 Å². The predicted octanol–water partition coefficient (Wildman–Crippen LogP) is 1.92. The number of anilines is 1. The Bertz CT molecular complexity index is 764. The summed E-state index contributed by atoms with van der Waals surface area (Å²) in [4.78, 5) is 20.7. The number of carbonyl (C=O) groups excluding carboxylic acids is 1. The lowest BCUT2D eigenvalue weighted by Crippen LogP contribution is -2.17. The highest BCUT2D eigenvalue weighted by atomic mass is 35.5. The first kappa shape index (κ1) is 12.6. The second-order valence-electron chi connectivity index (χ2n) is 4.12. The third-order valence-electron chi connectivity index (χ3n) is 2.85. The van der Waals surface area contributed by atoms with E-state index in [-0.39, 0.29) is 11.9 Å². The summed E-state index contributed by atoms with van der Waals surface area (Å²) in [6.07, 6.45) is 3.62. The summed E-state index contributed by atoms with van der Waals surface area (Å²) in [6, 6.07) is 3.51. The molecule has 3 rings (SSSR count). The Labute approximate surface area is 119 Å². The SMILES string of the molecule is CCc1nc2ccc(Cl)cn2c1C(=O)Nc1ncn[nH]1. The van der Waals surface area contributed by atoms with Gasteiger partial charge in [0.25, 0.3) is 5.91 Å². The lowest BCUT2D eigenvalue weighted by atomic mass is 10.2. The van der Waals surface area contributed by atoms with Crippen molar-refractivity contribution in [3.63, 3.8) is 0 Å². The van der Waals surface area contributed by atoms with Crippen molar-refractivity contribution in [1.82, 2.24) is 24.6 Å². The van der Waals surface area contributed by atoms with E-state index in [4.69, 9.17) is 11.6 Å². The van der Waals surface area contributed by atoms with Gasteiger partial charge in [0.05, 0.1) is 10.7 Å². The second kappa shape index (κ2) is 4.93. The van der Waals surface area contributed by atoms with E-state index < -0.39 is 0 Å². The highest BCUT2D eigenvalue weighted by Gasteiger charge is 2.19. The number of pyridine rings is 1. The van der Waals surface area contributed by atoms with Crippen LogP contribution in [0, 0.1) is 0 Å². The molecule has 8 heteroatoms. The van der Waals surface area contributed by atoms with Gasteiger partial charge in [-0.2, -0.15) is 10.1 Å². The number of aryl methyl sites for hydroxylation is 1. The zero-order valence-corrected chi connectivity index (χ0v) is 11.3. The lowest BCUT2D eigenvalue weighted by molar-refractivity contribution is 0.101. The number of hydrogen-bond donors (Lipinski definition) is 2. The van der Waals surface area contributed by atoms with Crippen LogP contribution in [0.5, 0.6) is 0 Å². The van der Waals surface area contributed by atoms with E-state index in [9.17, 15) is 4.79 Å². The van der Waals surface area contributed by atoms with Crippen LogP contribution in [0.4, 0.5) is 5.95 Å². The van der Waals surface area contributed by atoms with Crippen molar-refractivity contribution < 1.29 is 4.79 Å². The number of aromatic nitrogens is 5. The molecule has 0 aromatic carbocycles. The average molecular weight is 291 g/mol. The lowest BCUT2D eigenvalue weighted by Gasteiger charge is -2.04. The Balaban J connectivity index is 2.08. The molecule has 2 N–H and O–H groups in total. The molecule has 0 atom stereocenters. The largest absolute Gasteiger partial charge is 0.294 e. The number of aromatic amines is 1. The molecule has 1 amide bonds. The van der Waals surface area contributed by atoms with Crippen LogP contribution in [0.15, 0.2) is 24.7 Å². The summed E-state index contributed by atoms with van der Waals surface area (Å²) in [7, 11) is 0. The highest BCUT2D eigenvalue weighted by molar-refractivity contribution is 6.30. The van der Waals surface area contributed by atoms with Crippen LogP contribution in [0.2, 0.25) is 5.02 Å². The zero-order valence-electron chi connectivity index (χ0n) is 10.6. The first-order chi connectivity index (χ1) is 9.69. The fraction of sp³-hybridized carbons (Fsp3) is 0.167. The van der Waals surface area contributed by atoms with E-state index in [0.717, 1.165) is 0 Å². The highest BCUT2D eigenvalue weighted by Crippen LogP contribution is 2.18. The monoisotopic (exact) mass is 290 g/mol. The number of H-pyrrole nitrogens is 1. The molecule has 0 fully saturated rings. The van der Waals surface area contributed by atoms with Crippen molar-refractivity contribution in [2.45, 2.75) is 13.3 Å². The van der Waals surface area contributed by atoms with Gasteiger partial charge in [-0.1, -0.05) is 18.5 Å². The molecule has 0 unspecified atom stereocenters. The van der Waals surface area contributed by atoms with Crippen LogP contribution in [0.1, 0.15) is 23.1 Å². The van der Waals surface area contributed by atoms with E-state index in [1.54, 1.807) is 22.7 Å². The molecule has 20 heavy (non-hydrogen) atoms. The second-order valence-corrected chi connectivity index (χ2v) is 4.56. The fourth-order valence-electron chi connectivity index (χ4n) is 1.99. The van der Waals surface area contributed by atoms with Crippen molar-refractivity contribution in [3.05, 3.63) is 41.1 Å². The molecule has 7 nitrogen and oxygen atoms in total. The van der Waals surface area contributed by atoms with Crippen LogP contribution in [0.25, 0.3) is 5.65 Å². The molecule has 0 saturated carbocycles. The summed E-state index contributed by atoms with van der Waals surface area (Å²) in [5, 5.41) is 9.43. The minimum Gasteiger partial charge on any atom is -0.294 e. The quantitative estimate of drug-likeness (QED) is 0.771.